The Morgan fingerprint density at radius 1 is 0.806 bits per heavy atom. The van der Waals surface area contributed by atoms with Gasteiger partial charge in [0.05, 0.1) is 12.7 Å². The maximum absolute atomic E-state index is 6.15. The molecule has 0 saturated carbocycles. The maximum atomic E-state index is 6.15. The Kier molecular flexibility index (Phi) is 10.0. The summed E-state index contributed by atoms with van der Waals surface area (Å²) in [5, 5.41) is 3.40. The number of hydrogen-bond donors (Lipinski definition) is 1. The minimum Gasteiger partial charge on any atom is -0.427 e. The number of methoxy groups -OCH3 is 3. The highest BCUT2D eigenvalue weighted by atomic mass is 31.2. The fourth-order valence-corrected chi connectivity index (χ4v) is 4.75. The second kappa shape index (κ2) is 13.0. The molecule has 1 N–H and O–H groups in total. The van der Waals surface area contributed by atoms with E-state index in [4.69, 9.17) is 28.0 Å². The SMILES string of the molecule is COC[C@H]1O[C@H](CCCNP(Oc2ccccc2)Oc2ccccc2)[C@H](OC)[C@@H]1OC. The van der Waals surface area contributed by atoms with Crippen LogP contribution >= 0.6 is 8.53 Å². The molecule has 0 unspecified atom stereocenters. The van der Waals surface area contributed by atoms with Gasteiger partial charge in [-0.2, -0.15) is 0 Å². The normalized spacial score (nSPS) is 23.2. The summed E-state index contributed by atoms with van der Waals surface area (Å²) in [6, 6.07) is 19.4. The summed E-state index contributed by atoms with van der Waals surface area (Å²) >= 11 is 0. The molecule has 7 nitrogen and oxygen atoms in total. The lowest BCUT2D eigenvalue weighted by Crippen LogP contribution is -2.37. The van der Waals surface area contributed by atoms with Crippen molar-refractivity contribution < 1.29 is 28.0 Å². The Morgan fingerprint density at radius 3 is 1.87 bits per heavy atom. The van der Waals surface area contributed by atoms with E-state index < -0.39 is 8.53 Å². The molecule has 1 aliphatic heterocycles. The summed E-state index contributed by atoms with van der Waals surface area (Å²) in [6.07, 6.45) is 1.27. The molecule has 1 saturated heterocycles. The van der Waals surface area contributed by atoms with Crippen LogP contribution in [0.2, 0.25) is 0 Å². The zero-order chi connectivity index (χ0) is 21.9. The lowest BCUT2D eigenvalue weighted by atomic mass is 10.0. The molecule has 2 aromatic carbocycles. The zero-order valence-electron chi connectivity index (χ0n) is 18.3. The van der Waals surface area contributed by atoms with Gasteiger partial charge in [-0.1, -0.05) is 36.4 Å². The summed E-state index contributed by atoms with van der Waals surface area (Å²) in [4.78, 5) is 0. The van der Waals surface area contributed by atoms with Crippen LogP contribution in [0.15, 0.2) is 60.7 Å². The van der Waals surface area contributed by atoms with E-state index in [-0.39, 0.29) is 24.4 Å². The van der Waals surface area contributed by atoms with Crippen LogP contribution in [0, 0.1) is 0 Å². The molecule has 3 rings (SSSR count). The van der Waals surface area contributed by atoms with Gasteiger partial charge in [0, 0.05) is 27.9 Å². The van der Waals surface area contributed by atoms with Gasteiger partial charge in [0.15, 0.2) is 0 Å². The quantitative estimate of drug-likeness (QED) is 0.363. The molecule has 1 heterocycles. The standard InChI is InChI=1S/C23H32NO6P/c1-25-17-21-23(27-3)22(26-2)20(28-21)15-10-16-24-31(29-18-11-6-4-7-12-18)30-19-13-8-5-9-14-19/h4-9,11-14,20-24H,10,15-17H2,1-3H3/t20-,21-,22+,23-/m1/s1. The minimum absolute atomic E-state index is 0.0480. The molecule has 2 aromatic rings. The van der Waals surface area contributed by atoms with E-state index in [0.717, 1.165) is 24.3 Å². The predicted octanol–water partition coefficient (Wildman–Crippen LogP) is 4.18. The smallest absolute Gasteiger partial charge is 0.381 e. The molecule has 4 atom stereocenters. The number of rotatable bonds is 13. The van der Waals surface area contributed by atoms with Gasteiger partial charge in [0.2, 0.25) is 0 Å². The molecule has 8 heteroatoms. The average molecular weight is 449 g/mol. The first kappa shape index (κ1) is 23.9. The Balaban J connectivity index is 1.52. The van der Waals surface area contributed by atoms with Gasteiger partial charge in [-0.05, 0) is 37.1 Å². The summed E-state index contributed by atoms with van der Waals surface area (Å²) < 4.78 is 34.8. The van der Waals surface area contributed by atoms with Crippen LogP contribution in [0.5, 0.6) is 11.5 Å². The fraction of sp³-hybridized carbons (Fsp3) is 0.478. The summed E-state index contributed by atoms with van der Waals surface area (Å²) in [5.74, 6) is 1.53. The number of benzene rings is 2. The molecule has 170 valence electrons. The number of ether oxygens (including phenoxy) is 4. The number of para-hydroxylation sites is 2. The van der Waals surface area contributed by atoms with Crippen LogP contribution in [0.3, 0.4) is 0 Å². The molecule has 0 aliphatic carbocycles. The van der Waals surface area contributed by atoms with E-state index >= 15 is 0 Å². The van der Waals surface area contributed by atoms with E-state index in [1.54, 1.807) is 21.3 Å². The van der Waals surface area contributed by atoms with Crippen molar-refractivity contribution in [3.63, 3.8) is 0 Å². The van der Waals surface area contributed by atoms with Gasteiger partial charge in [-0.25, -0.2) is 5.09 Å². The summed E-state index contributed by atoms with van der Waals surface area (Å²) in [7, 11) is 3.70. The molecule has 0 bridgehead atoms. The van der Waals surface area contributed by atoms with Crippen LogP contribution < -0.4 is 14.1 Å². The lowest BCUT2D eigenvalue weighted by Gasteiger charge is -2.22. The topological polar surface area (TPSA) is 67.4 Å². The molecule has 0 aromatic heterocycles. The number of nitrogens with one attached hydrogen (secondary N) is 1. The van der Waals surface area contributed by atoms with Crippen molar-refractivity contribution in [2.24, 2.45) is 0 Å². The van der Waals surface area contributed by atoms with E-state index in [2.05, 4.69) is 5.09 Å². The Bertz CT molecular complexity index is 696. The van der Waals surface area contributed by atoms with Crippen LogP contribution in [0.4, 0.5) is 0 Å². The summed E-state index contributed by atoms with van der Waals surface area (Å²) in [5.41, 5.74) is 0. The third kappa shape index (κ3) is 7.14. The third-order valence-electron chi connectivity index (χ3n) is 5.05. The van der Waals surface area contributed by atoms with Crippen molar-refractivity contribution in [2.45, 2.75) is 37.3 Å². The van der Waals surface area contributed by atoms with Gasteiger partial charge < -0.3 is 28.0 Å². The Morgan fingerprint density at radius 2 is 1.35 bits per heavy atom. The van der Waals surface area contributed by atoms with E-state index in [1.165, 1.54) is 0 Å². The fourth-order valence-electron chi connectivity index (χ4n) is 3.62. The first-order valence-corrected chi connectivity index (χ1v) is 11.6. The molecular weight excluding hydrogens is 417 g/mol. The molecule has 0 amide bonds. The summed E-state index contributed by atoms with van der Waals surface area (Å²) in [6.45, 7) is 1.20. The highest BCUT2D eigenvalue weighted by Gasteiger charge is 2.44. The van der Waals surface area contributed by atoms with Crippen molar-refractivity contribution >= 4 is 8.53 Å². The van der Waals surface area contributed by atoms with Crippen LogP contribution in [-0.4, -0.2) is 58.9 Å². The van der Waals surface area contributed by atoms with Gasteiger partial charge in [0.25, 0.3) is 0 Å². The van der Waals surface area contributed by atoms with Gasteiger partial charge >= 0.3 is 8.53 Å². The number of hydrogen-bond acceptors (Lipinski definition) is 7. The van der Waals surface area contributed by atoms with Crippen molar-refractivity contribution in [2.75, 3.05) is 34.5 Å². The van der Waals surface area contributed by atoms with Crippen LogP contribution in [0.25, 0.3) is 0 Å². The van der Waals surface area contributed by atoms with Crippen molar-refractivity contribution in [1.29, 1.82) is 0 Å². The van der Waals surface area contributed by atoms with Gasteiger partial charge in [-0.3, -0.25) is 0 Å². The van der Waals surface area contributed by atoms with Crippen LogP contribution in [-0.2, 0) is 18.9 Å². The van der Waals surface area contributed by atoms with Gasteiger partial charge in [-0.15, -0.1) is 0 Å². The Labute approximate surface area is 185 Å². The van der Waals surface area contributed by atoms with E-state index in [1.807, 2.05) is 60.7 Å². The molecule has 0 spiro atoms. The minimum atomic E-state index is -1.34. The largest absolute Gasteiger partial charge is 0.427 e. The second-order valence-electron chi connectivity index (χ2n) is 7.19. The zero-order valence-corrected chi connectivity index (χ0v) is 19.2. The highest BCUT2D eigenvalue weighted by molar-refractivity contribution is 7.45. The molecule has 0 radical (unpaired) electrons. The van der Waals surface area contributed by atoms with E-state index in [0.29, 0.717) is 13.2 Å². The molecule has 31 heavy (non-hydrogen) atoms. The predicted molar refractivity (Wildman–Crippen MR) is 120 cm³/mol. The van der Waals surface area contributed by atoms with Crippen molar-refractivity contribution in [3.8, 4) is 11.5 Å². The van der Waals surface area contributed by atoms with Crippen molar-refractivity contribution in [3.05, 3.63) is 60.7 Å². The average Bonchev–Trinajstić information content (AvgIpc) is 3.14. The first-order chi connectivity index (χ1) is 15.2. The Hall–Kier alpha value is -1.73. The van der Waals surface area contributed by atoms with Crippen LogP contribution in [0.1, 0.15) is 12.8 Å². The molecule has 1 fully saturated rings. The monoisotopic (exact) mass is 449 g/mol. The molecular formula is C23H32NO6P. The second-order valence-corrected chi connectivity index (χ2v) is 8.38. The van der Waals surface area contributed by atoms with Gasteiger partial charge in [0.1, 0.15) is 29.8 Å². The van der Waals surface area contributed by atoms with Crippen molar-refractivity contribution in [1.82, 2.24) is 5.09 Å². The third-order valence-corrected chi connectivity index (χ3v) is 6.29. The van der Waals surface area contributed by atoms with E-state index in [9.17, 15) is 0 Å². The highest BCUT2D eigenvalue weighted by Crippen LogP contribution is 2.37. The molecule has 1 aliphatic rings. The first-order valence-electron chi connectivity index (χ1n) is 10.4. The maximum Gasteiger partial charge on any atom is 0.381 e. The lowest BCUT2D eigenvalue weighted by molar-refractivity contribution is -0.0481.